The minimum Gasteiger partial charge on any atom is -0.314 e. The van der Waals surface area contributed by atoms with Crippen LogP contribution in [0.3, 0.4) is 0 Å². The molecule has 0 spiro atoms. The highest BCUT2D eigenvalue weighted by Crippen LogP contribution is 2.31. The molecular formula is C14H27NO3S. The summed E-state index contributed by atoms with van der Waals surface area (Å²) >= 11 is 0. The van der Waals surface area contributed by atoms with Crippen LogP contribution in [0.5, 0.6) is 0 Å². The first-order chi connectivity index (χ1) is 8.93. The van der Waals surface area contributed by atoms with E-state index in [1.54, 1.807) is 0 Å². The van der Waals surface area contributed by atoms with Crippen molar-refractivity contribution in [3.8, 4) is 0 Å². The molecule has 0 aromatic heterocycles. The summed E-state index contributed by atoms with van der Waals surface area (Å²) < 4.78 is 23.2. The van der Waals surface area contributed by atoms with Crippen molar-refractivity contribution < 1.29 is 13.2 Å². The standard InChI is InChI=1S/C14H27NO3S/c1-3-10-19(17,18)11-7-13(16)12-14(15-2)8-5-4-6-9-14/h15H,3-12H2,1-2H3. The third-order valence-electron chi connectivity index (χ3n) is 4.08. The van der Waals surface area contributed by atoms with Crippen molar-refractivity contribution in [1.82, 2.24) is 5.32 Å². The van der Waals surface area contributed by atoms with Crippen LogP contribution in [-0.4, -0.2) is 38.3 Å². The molecule has 1 rings (SSSR count). The molecule has 0 radical (unpaired) electrons. The molecule has 5 heteroatoms. The highest BCUT2D eigenvalue weighted by Gasteiger charge is 2.32. The van der Waals surface area contributed by atoms with Crippen molar-refractivity contribution >= 4 is 15.6 Å². The Labute approximate surface area is 117 Å². The van der Waals surface area contributed by atoms with E-state index in [4.69, 9.17) is 0 Å². The average molecular weight is 289 g/mol. The molecule has 1 saturated carbocycles. The molecule has 0 amide bonds. The molecule has 1 aliphatic rings. The van der Waals surface area contributed by atoms with E-state index in [0.29, 0.717) is 12.8 Å². The second-order valence-corrected chi connectivity index (χ2v) is 8.01. The van der Waals surface area contributed by atoms with Crippen molar-refractivity contribution in [1.29, 1.82) is 0 Å². The van der Waals surface area contributed by atoms with Gasteiger partial charge in [-0.2, -0.15) is 0 Å². The Balaban J connectivity index is 2.45. The van der Waals surface area contributed by atoms with Crippen LogP contribution in [0.1, 0.15) is 58.3 Å². The van der Waals surface area contributed by atoms with Gasteiger partial charge < -0.3 is 5.32 Å². The molecule has 1 aliphatic carbocycles. The van der Waals surface area contributed by atoms with E-state index in [2.05, 4.69) is 5.32 Å². The van der Waals surface area contributed by atoms with E-state index in [0.717, 1.165) is 25.7 Å². The topological polar surface area (TPSA) is 63.2 Å². The van der Waals surface area contributed by atoms with E-state index in [1.807, 2.05) is 14.0 Å². The Hall–Kier alpha value is -0.420. The van der Waals surface area contributed by atoms with E-state index >= 15 is 0 Å². The van der Waals surface area contributed by atoms with Crippen LogP contribution in [0.15, 0.2) is 0 Å². The van der Waals surface area contributed by atoms with E-state index in [9.17, 15) is 13.2 Å². The Morgan fingerprint density at radius 1 is 1.16 bits per heavy atom. The molecule has 0 aliphatic heterocycles. The van der Waals surface area contributed by atoms with E-state index in [-0.39, 0.29) is 29.2 Å². The summed E-state index contributed by atoms with van der Waals surface area (Å²) in [7, 11) is -1.13. The Bertz CT molecular complexity index is 383. The van der Waals surface area contributed by atoms with Crippen molar-refractivity contribution in [3.05, 3.63) is 0 Å². The zero-order chi connectivity index (χ0) is 14.4. The largest absolute Gasteiger partial charge is 0.314 e. The van der Waals surface area contributed by atoms with Crippen LogP contribution in [0.25, 0.3) is 0 Å². The summed E-state index contributed by atoms with van der Waals surface area (Å²) in [6, 6.07) is 0. The Kier molecular flexibility index (Phi) is 6.47. The smallest absolute Gasteiger partial charge is 0.150 e. The van der Waals surface area contributed by atoms with Gasteiger partial charge in [-0.05, 0) is 26.3 Å². The van der Waals surface area contributed by atoms with Gasteiger partial charge in [-0.25, -0.2) is 8.42 Å². The number of hydrogen-bond acceptors (Lipinski definition) is 4. The number of sulfone groups is 1. The van der Waals surface area contributed by atoms with Gasteiger partial charge in [-0.15, -0.1) is 0 Å². The molecule has 0 aromatic rings. The summed E-state index contributed by atoms with van der Waals surface area (Å²) in [5, 5.41) is 3.30. The molecular weight excluding hydrogens is 262 g/mol. The third-order valence-corrected chi connectivity index (χ3v) is 5.94. The van der Waals surface area contributed by atoms with Gasteiger partial charge in [0.15, 0.2) is 9.84 Å². The molecule has 0 heterocycles. The maximum atomic E-state index is 12.0. The average Bonchev–Trinajstić information content (AvgIpc) is 2.38. The van der Waals surface area contributed by atoms with Crippen molar-refractivity contribution in [2.24, 2.45) is 0 Å². The van der Waals surface area contributed by atoms with Gasteiger partial charge >= 0.3 is 0 Å². The highest BCUT2D eigenvalue weighted by atomic mass is 32.2. The molecule has 0 atom stereocenters. The van der Waals surface area contributed by atoms with Crippen LogP contribution < -0.4 is 5.32 Å². The van der Waals surface area contributed by atoms with Crippen molar-refractivity contribution in [3.63, 3.8) is 0 Å². The molecule has 0 bridgehead atoms. The van der Waals surface area contributed by atoms with Gasteiger partial charge in [-0.1, -0.05) is 26.2 Å². The second kappa shape index (κ2) is 7.39. The first-order valence-corrected chi connectivity index (χ1v) is 9.16. The lowest BCUT2D eigenvalue weighted by atomic mass is 9.78. The zero-order valence-electron chi connectivity index (χ0n) is 12.2. The monoisotopic (exact) mass is 289 g/mol. The van der Waals surface area contributed by atoms with Crippen molar-refractivity contribution in [2.45, 2.75) is 63.8 Å². The molecule has 0 aromatic carbocycles. The quantitative estimate of drug-likeness (QED) is 0.743. The van der Waals surface area contributed by atoms with Crippen LogP contribution in [0, 0.1) is 0 Å². The van der Waals surface area contributed by atoms with Gasteiger partial charge in [0.05, 0.1) is 5.75 Å². The predicted molar refractivity (Wildman–Crippen MR) is 78.1 cm³/mol. The van der Waals surface area contributed by atoms with Crippen LogP contribution >= 0.6 is 0 Å². The number of hydrogen-bond donors (Lipinski definition) is 1. The van der Waals surface area contributed by atoms with Gasteiger partial charge in [-0.3, -0.25) is 4.79 Å². The minimum absolute atomic E-state index is 0.0134. The molecule has 112 valence electrons. The molecule has 0 unspecified atom stereocenters. The molecule has 1 fully saturated rings. The minimum atomic E-state index is -3.04. The molecule has 0 saturated heterocycles. The first-order valence-electron chi connectivity index (χ1n) is 7.34. The van der Waals surface area contributed by atoms with Crippen LogP contribution in [0.4, 0.5) is 0 Å². The normalized spacial score (nSPS) is 19.3. The van der Waals surface area contributed by atoms with E-state index in [1.165, 1.54) is 6.42 Å². The third kappa shape index (κ3) is 5.61. The highest BCUT2D eigenvalue weighted by molar-refractivity contribution is 7.91. The first kappa shape index (κ1) is 16.6. The summed E-state index contributed by atoms with van der Waals surface area (Å²) in [6.45, 7) is 1.84. The number of carbonyl (C=O) groups excluding carboxylic acids is 1. The summed E-state index contributed by atoms with van der Waals surface area (Å²) in [4.78, 5) is 12.0. The number of Topliss-reactive ketones (excluding diaryl/α,β-unsaturated/α-hetero) is 1. The fourth-order valence-electron chi connectivity index (χ4n) is 2.89. The van der Waals surface area contributed by atoms with Crippen molar-refractivity contribution in [2.75, 3.05) is 18.6 Å². The summed E-state index contributed by atoms with van der Waals surface area (Å²) in [6.07, 6.45) is 6.87. The maximum Gasteiger partial charge on any atom is 0.150 e. The Morgan fingerprint density at radius 3 is 2.32 bits per heavy atom. The van der Waals surface area contributed by atoms with Crippen LogP contribution in [-0.2, 0) is 14.6 Å². The second-order valence-electron chi connectivity index (χ2n) is 5.71. The van der Waals surface area contributed by atoms with E-state index < -0.39 is 9.84 Å². The summed E-state index contributed by atoms with van der Waals surface area (Å²) in [5.74, 6) is 0.285. The number of ketones is 1. The zero-order valence-corrected chi connectivity index (χ0v) is 13.0. The van der Waals surface area contributed by atoms with Gasteiger partial charge in [0, 0.05) is 24.1 Å². The Morgan fingerprint density at radius 2 is 1.79 bits per heavy atom. The van der Waals surface area contributed by atoms with Gasteiger partial charge in [0.25, 0.3) is 0 Å². The van der Waals surface area contributed by atoms with Gasteiger partial charge in [0.2, 0.25) is 0 Å². The molecule has 4 nitrogen and oxygen atoms in total. The van der Waals surface area contributed by atoms with Crippen LogP contribution in [0.2, 0.25) is 0 Å². The molecule has 1 N–H and O–H groups in total. The lowest BCUT2D eigenvalue weighted by molar-refractivity contribution is -0.120. The number of carbonyl (C=O) groups is 1. The maximum absolute atomic E-state index is 12.0. The van der Waals surface area contributed by atoms with Gasteiger partial charge in [0.1, 0.15) is 5.78 Å². The lowest BCUT2D eigenvalue weighted by Crippen LogP contribution is -2.46. The SMILES string of the molecule is CCCS(=O)(=O)CCC(=O)CC1(NC)CCCCC1. The molecule has 19 heavy (non-hydrogen) atoms. The fraction of sp³-hybridized carbons (Fsp3) is 0.929. The number of nitrogens with one attached hydrogen (secondary N) is 1. The lowest BCUT2D eigenvalue weighted by Gasteiger charge is -2.36. The predicted octanol–water partition coefficient (Wildman–Crippen LogP) is 2.08. The number of rotatable bonds is 8. The summed E-state index contributed by atoms with van der Waals surface area (Å²) in [5.41, 5.74) is -0.0795. The fourth-order valence-corrected chi connectivity index (χ4v) is 4.26.